The number of carbonyl (C=O) groups excluding carboxylic acids is 8. The van der Waals surface area contributed by atoms with E-state index >= 15 is 0 Å². The van der Waals surface area contributed by atoms with E-state index in [0.717, 1.165) is 193 Å². The van der Waals surface area contributed by atoms with E-state index in [1.807, 2.05) is 0 Å². The van der Waals surface area contributed by atoms with Gasteiger partial charge in [0, 0.05) is 52.4 Å². The maximum Gasteiger partial charge on any atom is 0.407 e. The van der Waals surface area contributed by atoms with Crippen LogP contribution in [0.2, 0.25) is 0 Å². The highest BCUT2D eigenvalue weighted by atomic mass is 16.6. The fraction of sp³-hybridized carbons (Fsp3) is 0.901. The molecule has 0 unspecified atom stereocenters. The van der Waals surface area contributed by atoms with Crippen molar-refractivity contribution in [2.75, 3.05) is 79.3 Å². The van der Waals surface area contributed by atoms with Crippen molar-refractivity contribution in [1.29, 1.82) is 0 Å². The molecule has 2 aliphatic carbocycles. The number of nitrogens with one attached hydrogen (secondary N) is 12. The summed E-state index contributed by atoms with van der Waals surface area (Å²) in [6.07, 6.45) is 58.5. The molecule has 24 heteroatoms. The van der Waals surface area contributed by atoms with Gasteiger partial charge in [0.2, 0.25) is 0 Å². The molecule has 2 aliphatic rings. The molecule has 0 spiro atoms. The van der Waals surface area contributed by atoms with Crippen LogP contribution in [0.25, 0.3) is 0 Å². The number of urea groups is 4. The van der Waals surface area contributed by atoms with E-state index in [0.29, 0.717) is 72.2 Å². The van der Waals surface area contributed by atoms with Crippen LogP contribution in [0.15, 0.2) is 0 Å². The molecule has 4 atom stereocenters. The van der Waals surface area contributed by atoms with Crippen LogP contribution in [-0.4, -0.2) is 152 Å². The summed E-state index contributed by atoms with van der Waals surface area (Å²) >= 11 is 0. The third kappa shape index (κ3) is 66.1. The van der Waals surface area contributed by atoms with Gasteiger partial charge in [-0.3, -0.25) is 0 Å². The number of alkyl carbamates (subject to hydrolysis) is 4. The minimum Gasteiger partial charge on any atom is -0.453 e. The van der Waals surface area contributed by atoms with Crippen LogP contribution in [-0.2, 0) is 18.9 Å². The topological polar surface area (TPSA) is 318 Å². The maximum atomic E-state index is 12.6. The fourth-order valence-corrected chi connectivity index (χ4v) is 13.3. The summed E-state index contributed by atoms with van der Waals surface area (Å²) in [5, 5.41) is 35.2. The summed E-state index contributed by atoms with van der Waals surface area (Å²) in [5.41, 5.74) is 0. The second-order valence-corrected chi connectivity index (χ2v) is 29.4. The van der Waals surface area contributed by atoms with Crippen LogP contribution in [0.5, 0.6) is 0 Å². The molecule has 0 aromatic rings. The lowest BCUT2D eigenvalue weighted by Gasteiger charge is -2.32. The first kappa shape index (κ1) is 97.2. The monoisotopic (exact) mass is 1490 g/mol. The summed E-state index contributed by atoms with van der Waals surface area (Å²) in [6.45, 7) is 12.9. The second kappa shape index (κ2) is 75.0. The van der Waals surface area contributed by atoms with E-state index in [-0.39, 0.29) is 66.6 Å². The molecule has 2 rings (SSSR count). The third-order valence-electron chi connectivity index (χ3n) is 19.8. The van der Waals surface area contributed by atoms with Crippen molar-refractivity contribution >= 4 is 48.5 Å². The van der Waals surface area contributed by atoms with Gasteiger partial charge >= 0.3 is 48.5 Å². The summed E-state index contributed by atoms with van der Waals surface area (Å²) in [5.74, 6) is 0. The zero-order chi connectivity index (χ0) is 76.2. The highest BCUT2D eigenvalue weighted by molar-refractivity contribution is 5.77. The average Bonchev–Trinajstić information content (AvgIpc) is 0.881. The molecule has 24 nitrogen and oxygen atoms in total. The molecule has 12 N–H and O–H groups in total. The number of ether oxygens (including phenoxy) is 4. The number of hydrogen-bond acceptors (Lipinski definition) is 12. The molecule has 12 amide bonds. The number of carbonyl (C=O) groups is 8. The van der Waals surface area contributed by atoms with E-state index in [1.165, 1.54) is 161 Å². The Labute approximate surface area is 637 Å². The van der Waals surface area contributed by atoms with Crippen molar-refractivity contribution < 1.29 is 57.3 Å². The summed E-state index contributed by atoms with van der Waals surface area (Å²) in [4.78, 5) is 96.9. The van der Waals surface area contributed by atoms with E-state index in [2.05, 4.69) is 89.3 Å². The Bertz CT molecular complexity index is 2010. The predicted molar refractivity (Wildman–Crippen MR) is 426 cm³/mol. The lowest BCUT2D eigenvalue weighted by atomic mass is 9.90. The van der Waals surface area contributed by atoms with E-state index in [1.54, 1.807) is 0 Å². The minimum absolute atomic E-state index is 0.0898. The normalized spacial score (nSPS) is 15.3. The minimum atomic E-state index is -0.415. The van der Waals surface area contributed by atoms with Crippen LogP contribution < -0.4 is 63.8 Å². The molecule has 0 saturated heterocycles. The SMILES string of the molecule is CCCCCCCCCCCCOC(=O)NCCCCCCNC(=O)N[C@@H]1CCCC[C@H]1NC(=O)NCCCCCCNC(=O)OCCCCCCCCCCCC.CCCCCCCCCCCCOC(=O)NCCCCCCNC(=O)N[C@H]1CCCC[C@@H]1NC(=O)NCCCCCCNC(=O)OC. The second-order valence-electron chi connectivity index (χ2n) is 29.4. The van der Waals surface area contributed by atoms with Gasteiger partial charge in [-0.05, 0) is 96.3 Å². The highest BCUT2D eigenvalue weighted by Crippen LogP contribution is 2.21. The van der Waals surface area contributed by atoms with E-state index in [4.69, 9.17) is 14.2 Å². The number of unbranched alkanes of at least 4 members (excludes halogenated alkanes) is 39. The molecule has 0 bridgehead atoms. The first-order chi connectivity index (χ1) is 51.4. The van der Waals surface area contributed by atoms with Crippen molar-refractivity contribution in [3.05, 3.63) is 0 Å². The number of hydrogen-bond donors (Lipinski definition) is 12. The standard InChI is InChI=1S/C46H90N6O6.C35H68N6O6/c1-3-5-7-9-11-13-15-17-23-31-39-57-45(55)49-37-29-21-19-27-35-47-43(53)51-41-33-25-26-34-42(41)52-44(54)48-36-28-20-22-30-38-50-46(56)58-40-32-24-18-16-14-12-10-8-6-4-2;1-3-4-5-6-7-8-9-10-15-22-29-47-35(45)39-28-21-14-12-19-26-37-33(43)41-31-24-17-16-23-30(31)40-32(42)36-25-18-11-13-20-27-38-34(44)46-2/h41-42H,3-40H2,1-2H3,(H,49,55)(H,50,56)(H2,47,51,53)(H2,48,52,54);30-31H,3-29H2,1-2H3,(H,38,44)(H,39,45)(H2,36,40,42)(H2,37,41,43)/t41-,42-;30-,31-/m10/s1. The molecule has 2 fully saturated rings. The number of amides is 12. The van der Waals surface area contributed by atoms with Crippen LogP contribution in [0.3, 0.4) is 0 Å². The molecule has 0 aromatic carbocycles. The van der Waals surface area contributed by atoms with Crippen molar-refractivity contribution in [2.24, 2.45) is 0 Å². The Morgan fingerprint density at radius 1 is 0.229 bits per heavy atom. The average molecular weight is 1490 g/mol. The number of methoxy groups -OCH3 is 1. The Morgan fingerprint density at radius 2 is 0.400 bits per heavy atom. The summed E-state index contributed by atoms with van der Waals surface area (Å²) < 4.78 is 20.4. The molecule has 0 aromatic heterocycles. The third-order valence-corrected chi connectivity index (χ3v) is 19.8. The summed E-state index contributed by atoms with van der Waals surface area (Å²) in [6, 6.07) is -1.15. The lowest BCUT2D eigenvalue weighted by molar-refractivity contribution is 0.142. The first-order valence-corrected chi connectivity index (χ1v) is 43.1. The molecular formula is C81H158N12O12. The van der Waals surface area contributed by atoms with Gasteiger partial charge in [-0.2, -0.15) is 0 Å². The van der Waals surface area contributed by atoms with Crippen LogP contribution >= 0.6 is 0 Å². The van der Waals surface area contributed by atoms with Crippen molar-refractivity contribution in [3.63, 3.8) is 0 Å². The van der Waals surface area contributed by atoms with E-state index < -0.39 is 6.09 Å². The van der Waals surface area contributed by atoms with Crippen molar-refractivity contribution in [2.45, 2.75) is 392 Å². The zero-order valence-electron chi connectivity index (χ0n) is 67.2. The largest absolute Gasteiger partial charge is 0.453 e. The van der Waals surface area contributed by atoms with Crippen LogP contribution in [0.4, 0.5) is 38.4 Å². The molecular weight excluding hydrogens is 1330 g/mol. The van der Waals surface area contributed by atoms with Crippen LogP contribution in [0, 0.1) is 0 Å². The zero-order valence-corrected chi connectivity index (χ0v) is 67.2. The molecule has 2 saturated carbocycles. The van der Waals surface area contributed by atoms with Gasteiger partial charge in [-0.1, -0.05) is 271 Å². The van der Waals surface area contributed by atoms with Gasteiger partial charge in [-0.15, -0.1) is 0 Å². The quantitative estimate of drug-likeness (QED) is 0.0200. The molecule has 0 heterocycles. The van der Waals surface area contributed by atoms with Crippen LogP contribution in [0.1, 0.15) is 367 Å². The lowest BCUT2D eigenvalue weighted by Crippen LogP contribution is -2.56. The van der Waals surface area contributed by atoms with Crippen molar-refractivity contribution in [1.82, 2.24) is 63.8 Å². The van der Waals surface area contributed by atoms with Crippen molar-refractivity contribution in [3.8, 4) is 0 Å². The number of rotatable bonds is 65. The Morgan fingerprint density at radius 3 is 0.600 bits per heavy atom. The first-order valence-electron chi connectivity index (χ1n) is 43.1. The maximum absolute atomic E-state index is 12.6. The Kier molecular flexibility index (Phi) is 69.4. The van der Waals surface area contributed by atoms with Gasteiger partial charge in [-0.25, -0.2) is 38.4 Å². The summed E-state index contributed by atoms with van der Waals surface area (Å²) in [7, 11) is 1.35. The molecule has 0 radical (unpaired) electrons. The van der Waals surface area contributed by atoms with Gasteiger partial charge < -0.3 is 82.7 Å². The highest BCUT2D eigenvalue weighted by Gasteiger charge is 2.29. The fourth-order valence-electron chi connectivity index (χ4n) is 13.3. The Hall–Kier alpha value is -5.84. The smallest absolute Gasteiger partial charge is 0.407 e. The van der Waals surface area contributed by atoms with Gasteiger partial charge in [0.1, 0.15) is 0 Å². The predicted octanol–water partition coefficient (Wildman–Crippen LogP) is 18.3. The van der Waals surface area contributed by atoms with E-state index in [9.17, 15) is 38.4 Å². The molecule has 0 aliphatic heterocycles. The molecule has 105 heavy (non-hydrogen) atoms. The van der Waals surface area contributed by atoms with Gasteiger partial charge in [0.25, 0.3) is 0 Å². The van der Waals surface area contributed by atoms with Gasteiger partial charge in [0.15, 0.2) is 0 Å². The molecule has 614 valence electrons. The Balaban J connectivity index is 0.00000107. The van der Waals surface area contributed by atoms with Gasteiger partial charge in [0.05, 0.1) is 51.1 Å².